The van der Waals surface area contributed by atoms with Crippen molar-refractivity contribution in [3.8, 4) is 0 Å². The first-order valence-electron chi connectivity index (χ1n) is 9.69. The summed E-state index contributed by atoms with van der Waals surface area (Å²) in [4.78, 5) is 31.4. The van der Waals surface area contributed by atoms with Gasteiger partial charge in [-0.25, -0.2) is 0 Å². The van der Waals surface area contributed by atoms with Crippen molar-refractivity contribution in [3.63, 3.8) is 0 Å². The number of carbonyl (C=O) groups is 2. The Balaban J connectivity index is 1.42. The van der Waals surface area contributed by atoms with Gasteiger partial charge in [0, 0.05) is 36.4 Å². The third kappa shape index (κ3) is 5.00. The Morgan fingerprint density at radius 2 is 1.81 bits per heavy atom. The van der Waals surface area contributed by atoms with E-state index in [0.717, 1.165) is 38.2 Å². The summed E-state index contributed by atoms with van der Waals surface area (Å²) in [6.07, 6.45) is 2.89. The minimum Gasteiger partial charge on any atom is -0.354 e. The van der Waals surface area contributed by atoms with E-state index in [-0.39, 0.29) is 11.8 Å². The molecule has 2 heterocycles. The van der Waals surface area contributed by atoms with Gasteiger partial charge in [-0.1, -0.05) is 11.6 Å². The molecule has 0 bridgehead atoms. The van der Waals surface area contributed by atoms with Crippen molar-refractivity contribution in [3.05, 3.63) is 29.3 Å². The summed E-state index contributed by atoms with van der Waals surface area (Å²) in [5.74, 6) is -0.860. The molecule has 1 aromatic carbocycles. The van der Waals surface area contributed by atoms with Crippen LogP contribution < -0.4 is 10.2 Å². The van der Waals surface area contributed by atoms with E-state index < -0.39 is 5.92 Å². The number of piperidine rings is 1. The Morgan fingerprint density at radius 1 is 1.15 bits per heavy atom. The molecule has 1 atom stereocenters. The predicted molar refractivity (Wildman–Crippen MR) is 108 cm³/mol. The molecule has 0 aliphatic carbocycles. The van der Waals surface area contributed by atoms with Gasteiger partial charge in [0.15, 0.2) is 0 Å². The van der Waals surface area contributed by atoms with Crippen molar-refractivity contribution in [2.75, 3.05) is 51.7 Å². The summed E-state index contributed by atoms with van der Waals surface area (Å²) in [6.45, 7) is 4.12. The van der Waals surface area contributed by atoms with E-state index in [9.17, 15) is 9.59 Å². The number of anilines is 1. The second-order valence-electron chi connectivity index (χ2n) is 7.64. The molecule has 1 N–H and O–H groups in total. The van der Waals surface area contributed by atoms with Crippen LogP contribution in [0.1, 0.15) is 19.3 Å². The number of nitrogens with one attached hydrogen (secondary N) is 1. The van der Waals surface area contributed by atoms with Crippen LogP contribution in [0.2, 0.25) is 5.02 Å². The summed E-state index contributed by atoms with van der Waals surface area (Å²) >= 11 is 5.90. The third-order valence-electron chi connectivity index (χ3n) is 5.67. The molecule has 7 heteroatoms. The molecular formula is C20H29ClN4O2. The number of carbonyl (C=O) groups excluding carboxylic acids is 2. The van der Waals surface area contributed by atoms with Crippen molar-refractivity contribution in [1.29, 1.82) is 0 Å². The number of hydrogen-bond donors (Lipinski definition) is 1. The van der Waals surface area contributed by atoms with Gasteiger partial charge >= 0.3 is 0 Å². The minimum atomic E-state index is -0.583. The zero-order chi connectivity index (χ0) is 19.4. The molecule has 0 saturated carbocycles. The third-order valence-corrected chi connectivity index (χ3v) is 5.93. The van der Waals surface area contributed by atoms with Gasteiger partial charge in [0.05, 0.1) is 0 Å². The maximum absolute atomic E-state index is 12.6. The summed E-state index contributed by atoms with van der Waals surface area (Å²) in [6, 6.07) is 7.81. The van der Waals surface area contributed by atoms with E-state index >= 15 is 0 Å². The van der Waals surface area contributed by atoms with Crippen molar-refractivity contribution in [2.45, 2.75) is 25.3 Å². The van der Waals surface area contributed by atoms with Gasteiger partial charge in [-0.2, -0.15) is 0 Å². The number of rotatable bonds is 6. The highest BCUT2D eigenvalue weighted by atomic mass is 35.5. The molecular weight excluding hydrogens is 364 g/mol. The SMILES string of the molecule is CN(C)C1CCN(CCNC(=O)C2CCN(c3ccc(Cl)cc3)C2=O)CC1. The molecule has 1 aromatic rings. The van der Waals surface area contributed by atoms with Crippen LogP contribution in [0.15, 0.2) is 24.3 Å². The maximum atomic E-state index is 12.6. The standard InChI is InChI=1S/C20H29ClN4O2/c1-23(2)16-7-11-24(12-8-16)14-10-22-19(26)18-9-13-25(20(18)27)17-5-3-15(21)4-6-17/h3-6,16,18H,7-14H2,1-2H3,(H,22,26). The fraction of sp³-hybridized carbons (Fsp3) is 0.600. The Labute approximate surface area is 166 Å². The molecule has 6 nitrogen and oxygen atoms in total. The number of hydrogen-bond acceptors (Lipinski definition) is 4. The molecule has 2 aliphatic rings. The van der Waals surface area contributed by atoms with Gasteiger partial charge in [-0.15, -0.1) is 0 Å². The molecule has 2 amide bonds. The van der Waals surface area contributed by atoms with Crippen LogP contribution in [0.4, 0.5) is 5.69 Å². The van der Waals surface area contributed by atoms with Crippen LogP contribution in [-0.2, 0) is 9.59 Å². The van der Waals surface area contributed by atoms with Crippen LogP contribution in [0.3, 0.4) is 0 Å². The highest BCUT2D eigenvalue weighted by Gasteiger charge is 2.37. The lowest BCUT2D eigenvalue weighted by Crippen LogP contribution is -2.45. The van der Waals surface area contributed by atoms with Gasteiger partial charge in [-0.3, -0.25) is 9.59 Å². The maximum Gasteiger partial charge on any atom is 0.239 e. The van der Waals surface area contributed by atoms with E-state index in [2.05, 4.69) is 29.2 Å². The Hall–Kier alpha value is -1.63. The van der Waals surface area contributed by atoms with Crippen LogP contribution in [-0.4, -0.2) is 74.5 Å². The quantitative estimate of drug-likeness (QED) is 0.750. The van der Waals surface area contributed by atoms with Gasteiger partial charge in [0.25, 0.3) is 0 Å². The summed E-state index contributed by atoms with van der Waals surface area (Å²) in [5, 5.41) is 3.59. The molecule has 2 saturated heterocycles. The zero-order valence-electron chi connectivity index (χ0n) is 16.2. The molecule has 0 spiro atoms. The van der Waals surface area contributed by atoms with Crippen LogP contribution in [0.5, 0.6) is 0 Å². The number of likely N-dealkylation sites (tertiary alicyclic amines) is 1. The first kappa shape index (κ1) is 20.1. The molecule has 2 fully saturated rings. The minimum absolute atomic E-state index is 0.124. The average molecular weight is 393 g/mol. The van der Waals surface area contributed by atoms with E-state index in [0.29, 0.717) is 30.6 Å². The molecule has 27 heavy (non-hydrogen) atoms. The number of halogens is 1. The van der Waals surface area contributed by atoms with Crippen LogP contribution in [0, 0.1) is 5.92 Å². The lowest BCUT2D eigenvalue weighted by Gasteiger charge is -2.35. The molecule has 1 unspecified atom stereocenters. The fourth-order valence-electron chi connectivity index (χ4n) is 3.92. The van der Waals surface area contributed by atoms with Gasteiger partial charge in [0.1, 0.15) is 5.92 Å². The predicted octanol–water partition coefficient (Wildman–Crippen LogP) is 1.84. The number of benzene rings is 1. The molecule has 3 rings (SSSR count). The average Bonchev–Trinajstić information content (AvgIpc) is 3.04. The second kappa shape index (κ2) is 9.04. The lowest BCUT2D eigenvalue weighted by molar-refractivity contribution is -0.132. The normalized spacial score (nSPS) is 21.9. The summed E-state index contributed by atoms with van der Waals surface area (Å²) in [5.41, 5.74) is 0.795. The van der Waals surface area contributed by atoms with Crippen LogP contribution in [0.25, 0.3) is 0 Å². The molecule has 0 radical (unpaired) electrons. The molecule has 2 aliphatic heterocycles. The monoisotopic (exact) mass is 392 g/mol. The Bertz CT molecular complexity index is 656. The highest BCUT2D eigenvalue weighted by Crippen LogP contribution is 2.26. The van der Waals surface area contributed by atoms with Gasteiger partial charge in [0.2, 0.25) is 11.8 Å². The Morgan fingerprint density at radius 3 is 2.44 bits per heavy atom. The first-order valence-corrected chi connectivity index (χ1v) is 10.1. The summed E-state index contributed by atoms with van der Waals surface area (Å²) < 4.78 is 0. The lowest BCUT2D eigenvalue weighted by atomic mass is 10.0. The highest BCUT2D eigenvalue weighted by molar-refractivity contribution is 6.30. The van der Waals surface area contributed by atoms with Crippen molar-refractivity contribution < 1.29 is 9.59 Å². The summed E-state index contributed by atoms with van der Waals surface area (Å²) in [7, 11) is 4.26. The van der Waals surface area contributed by atoms with Crippen molar-refractivity contribution in [1.82, 2.24) is 15.1 Å². The Kier molecular flexibility index (Phi) is 6.73. The number of amides is 2. The largest absolute Gasteiger partial charge is 0.354 e. The fourth-order valence-corrected chi connectivity index (χ4v) is 4.05. The van der Waals surface area contributed by atoms with Gasteiger partial charge in [-0.05, 0) is 70.7 Å². The van der Waals surface area contributed by atoms with Crippen molar-refractivity contribution >= 4 is 29.1 Å². The zero-order valence-corrected chi connectivity index (χ0v) is 16.9. The first-order chi connectivity index (χ1) is 13.0. The van der Waals surface area contributed by atoms with Gasteiger partial charge < -0.3 is 20.0 Å². The van der Waals surface area contributed by atoms with E-state index in [1.807, 2.05) is 12.1 Å². The molecule has 0 aromatic heterocycles. The van der Waals surface area contributed by atoms with E-state index in [1.165, 1.54) is 0 Å². The number of nitrogens with zero attached hydrogens (tertiary/aromatic N) is 3. The molecule has 148 valence electrons. The van der Waals surface area contributed by atoms with E-state index in [4.69, 9.17) is 11.6 Å². The van der Waals surface area contributed by atoms with E-state index in [1.54, 1.807) is 17.0 Å². The topological polar surface area (TPSA) is 55.9 Å². The second-order valence-corrected chi connectivity index (χ2v) is 8.07. The van der Waals surface area contributed by atoms with Crippen LogP contribution >= 0.6 is 11.6 Å². The van der Waals surface area contributed by atoms with Crippen molar-refractivity contribution in [2.24, 2.45) is 5.92 Å². The smallest absolute Gasteiger partial charge is 0.239 e.